The summed E-state index contributed by atoms with van der Waals surface area (Å²) in [5.41, 5.74) is 0. The van der Waals surface area contributed by atoms with Gasteiger partial charge in [-0.3, -0.25) is 0 Å². The summed E-state index contributed by atoms with van der Waals surface area (Å²) in [5.74, 6) is -0.0739. The largest absolute Gasteiger partial charge is 0.303 e. The van der Waals surface area contributed by atoms with Crippen LogP contribution in [-0.4, -0.2) is 12.6 Å². The van der Waals surface area contributed by atoms with Crippen LogP contribution in [0.2, 0.25) is 0 Å². The molecule has 0 aliphatic rings. The van der Waals surface area contributed by atoms with Crippen LogP contribution in [0.5, 0.6) is 0 Å². The number of carbonyl (C=O) groups is 2. The van der Waals surface area contributed by atoms with Crippen LogP contribution in [0.3, 0.4) is 0 Å². The first-order chi connectivity index (χ1) is 4.85. The van der Waals surface area contributed by atoms with Gasteiger partial charge in [-0.15, -0.1) is 0 Å². The van der Waals surface area contributed by atoms with Crippen molar-refractivity contribution >= 4 is 12.6 Å². The molecule has 0 fully saturated rings. The summed E-state index contributed by atoms with van der Waals surface area (Å²) in [4.78, 5) is 20.1. The molecule has 0 N–H and O–H groups in total. The van der Waals surface area contributed by atoms with Crippen LogP contribution in [0.1, 0.15) is 19.8 Å². The molecule has 0 bridgehead atoms. The highest BCUT2D eigenvalue weighted by Gasteiger charge is 1.99. The number of rotatable bonds is 5. The number of carbonyl (C=O) groups excluding carboxylic acids is 2. The van der Waals surface area contributed by atoms with Crippen molar-refractivity contribution in [2.45, 2.75) is 19.8 Å². The molecular weight excluding hydrogens is 128 g/mol. The summed E-state index contributed by atoms with van der Waals surface area (Å²) in [6.07, 6.45) is 6.43. The molecule has 1 atom stereocenters. The Labute approximate surface area is 60.9 Å². The maximum atomic E-state index is 10.2. The van der Waals surface area contributed by atoms with Gasteiger partial charge in [-0.1, -0.05) is 12.2 Å². The number of allylic oxidation sites excluding steroid dienone is 2. The van der Waals surface area contributed by atoms with E-state index in [2.05, 4.69) is 0 Å². The maximum absolute atomic E-state index is 10.2. The molecule has 0 radical (unpaired) electrons. The molecular formula is C8H12O2. The highest BCUT2D eigenvalue weighted by Crippen LogP contribution is 2.02. The van der Waals surface area contributed by atoms with E-state index in [1.54, 1.807) is 6.08 Å². The lowest BCUT2D eigenvalue weighted by Gasteiger charge is -1.98. The molecule has 0 amide bonds. The van der Waals surface area contributed by atoms with E-state index in [1.165, 1.54) is 0 Å². The van der Waals surface area contributed by atoms with Gasteiger partial charge in [0.1, 0.15) is 12.6 Å². The van der Waals surface area contributed by atoms with E-state index in [-0.39, 0.29) is 5.92 Å². The Morgan fingerprint density at radius 3 is 2.50 bits per heavy atom. The second-order valence-corrected chi connectivity index (χ2v) is 2.07. The zero-order valence-electron chi connectivity index (χ0n) is 6.12. The first-order valence-electron chi connectivity index (χ1n) is 3.37. The minimum Gasteiger partial charge on any atom is -0.303 e. The molecule has 0 aromatic rings. The van der Waals surface area contributed by atoms with E-state index in [0.717, 1.165) is 12.6 Å². The van der Waals surface area contributed by atoms with Gasteiger partial charge in [-0.2, -0.15) is 0 Å². The molecule has 0 aliphatic heterocycles. The zero-order chi connectivity index (χ0) is 7.82. The van der Waals surface area contributed by atoms with Crippen LogP contribution >= 0.6 is 0 Å². The maximum Gasteiger partial charge on any atom is 0.126 e. The Balaban J connectivity index is 3.59. The molecule has 1 unspecified atom stereocenters. The van der Waals surface area contributed by atoms with Crippen LogP contribution < -0.4 is 0 Å². The van der Waals surface area contributed by atoms with Crippen LogP contribution in [0, 0.1) is 5.92 Å². The average Bonchev–Trinajstić information content (AvgIpc) is 1.98. The second-order valence-electron chi connectivity index (χ2n) is 2.07. The minimum atomic E-state index is -0.0739. The summed E-state index contributed by atoms with van der Waals surface area (Å²) < 4.78 is 0. The Kier molecular flexibility index (Phi) is 5.63. The molecule has 2 nitrogen and oxygen atoms in total. The Morgan fingerprint density at radius 2 is 2.10 bits per heavy atom. The lowest BCUT2D eigenvalue weighted by Crippen LogP contribution is -1.97. The molecule has 0 rings (SSSR count). The van der Waals surface area contributed by atoms with Gasteiger partial charge in [-0.05, 0) is 13.3 Å². The van der Waals surface area contributed by atoms with E-state index < -0.39 is 0 Å². The first kappa shape index (κ1) is 9.08. The lowest BCUT2D eigenvalue weighted by molar-refractivity contribution is -0.110. The molecule has 0 saturated carbocycles. The average molecular weight is 140 g/mol. The predicted octanol–water partition coefficient (Wildman–Crippen LogP) is 1.36. The van der Waals surface area contributed by atoms with Crippen molar-refractivity contribution in [2.75, 3.05) is 0 Å². The molecule has 2 heteroatoms. The number of hydrogen-bond donors (Lipinski definition) is 0. The monoisotopic (exact) mass is 140 g/mol. The SMILES string of the molecule is CC=CC(C=O)CCC=O. The normalized spacial score (nSPS) is 13.3. The van der Waals surface area contributed by atoms with Crippen molar-refractivity contribution in [1.82, 2.24) is 0 Å². The second kappa shape index (κ2) is 6.20. The molecule has 0 aromatic carbocycles. The number of hydrogen-bond acceptors (Lipinski definition) is 2. The van der Waals surface area contributed by atoms with Gasteiger partial charge in [0.15, 0.2) is 0 Å². The topological polar surface area (TPSA) is 34.1 Å². The van der Waals surface area contributed by atoms with Crippen LogP contribution in [0.4, 0.5) is 0 Å². The fourth-order valence-electron chi connectivity index (χ4n) is 0.717. The van der Waals surface area contributed by atoms with E-state index >= 15 is 0 Å². The van der Waals surface area contributed by atoms with Crippen molar-refractivity contribution in [3.63, 3.8) is 0 Å². The zero-order valence-corrected chi connectivity index (χ0v) is 6.12. The highest BCUT2D eigenvalue weighted by molar-refractivity contribution is 5.58. The fraction of sp³-hybridized carbons (Fsp3) is 0.500. The molecule has 10 heavy (non-hydrogen) atoms. The van der Waals surface area contributed by atoms with E-state index in [4.69, 9.17) is 0 Å². The number of aldehydes is 2. The van der Waals surface area contributed by atoms with Gasteiger partial charge >= 0.3 is 0 Å². The molecule has 56 valence electrons. The van der Waals surface area contributed by atoms with Gasteiger partial charge in [0.05, 0.1) is 0 Å². The third kappa shape index (κ3) is 4.01. The van der Waals surface area contributed by atoms with Crippen molar-refractivity contribution in [1.29, 1.82) is 0 Å². The van der Waals surface area contributed by atoms with Gasteiger partial charge in [0.25, 0.3) is 0 Å². The lowest BCUT2D eigenvalue weighted by atomic mass is 10.1. The summed E-state index contributed by atoms with van der Waals surface area (Å²) in [6, 6.07) is 0. The minimum absolute atomic E-state index is 0.0739. The molecule has 0 aromatic heterocycles. The summed E-state index contributed by atoms with van der Waals surface area (Å²) in [5, 5.41) is 0. The van der Waals surface area contributed by atoms with Gasteiger partial charge in [0, 0.05) is 12.3 Å². The standard InChI is InChI=1S/C8H12O2/c1-2-4-8(7-10)5-3-6-9/h2,4,6-8H,3,5H2,1H3. The predicted molar refractivity (Wildman–Crippen MR) is 39.7 cm³/mol. The molecule has 0 saturated heterocycles. The van der Waals surface area contributed by atoms with E-state index in [0.29, 0.717) is 12.8 Å². The van der Waals surface area contributed by atoms with Gasteiger partial charge in [0.2, 0.25) is 0 Å². The smallest absolute Gasteiger partial charge is 0.126 e. The first-order valence-corrected chi connectivity index (χ1v) is 3.37. The van der Waals surface area contributed by atoms with Crippen LogP contribution in [0.25, 0.3) is 0 Å². The highest BCUT2D eigenvalue weighted by atomic mass is 16.1. The Morgan fingerprint density at radius 1 is 1.40 bits per heavy atom. The van der Waals surface area contributed by atoms with Gasteiger partial charge < -0.3 is 9.59 Å². The molecule has 0 spiro atoms. The van der Waals surface area contributed by atoms with Crippen molar-refractivity contribution in [3.05, 3.63) is 12.2 Å². The fourth-order valence-corrected chi connectivity index (χ4v) is 0.717. The van der Waals surface area contributed by atoms with Crippen LogP contribution in [-0.2, 0) is 9.59 Å². The summed E-state index contributed by atoms with van der Waals surface area (Å²) >= 11 is 0. The van der Waals surface area contributed by atoms with Crippen molar-refractivity contribution in [3.8, 4) is 0 Å². The Hall–Kier alpha value is -0.920. The summed E-state index contributed by atoms with van der Waals surface area (Å²) in [7, 11) is 0. The third-order valence-electron chi connectivity index (χ3n) is 1.23. The summed E-state index contributed by atoms with van der Waals surface area (Å²) in [6.45, 7) is 1.86. The van der Waals surface area contributed by atoms with E-state index in [1.807, 2.05) is 13.0 Å². The van der Waals surface area contributed by atoms with Crippen molar-refractivity contribution < 1.29 is 9.59 Å². The van der Waals surface area contributed by atoms with Crippen molar-refractivity contribution in [2.24, 2.45) is 5.92 Å². The third-order valence-corrected chi connectivity index (χ3v) is 1.23. The molecule has 0 aliphatic carbocycles. The van der Waals surface area contributed by atoms with Crippen LogP contribution in [0.15, 0.2) is 12.2 Å². The van der Waals surface area contributed by atoms with Gasteiger partial charge in [-0.25, -0.2) is 0 Å². The van der Waals surface area contributed by atoms with E-state index in [9.17, 15) is 9.59 Å². The Bertz CT molecular complexity index is 127. The molecule has 0 heterocycles. The quantitative estimate of drug-likeness (QED) is 0.426.